The van der Waals surface area contributed by atoms with Gasteiger partial charge in [-0.2, -0.15) is 0 Å². The number of aliphatic hydroxyl groups excluding tert-OH is 1. The van der Waals surface area contributed by atoms with E-state index in [2.05, 4.69) is 0 Å². The first-order valence-electron chi connectivity index (χ1n) is 0.447. The van der Waals surface area contributed by atoms with Gasteiger partial charge in [-0.25, -0.2) is 0 Å². The van der Waals surface area contributed by atoms with Crippen molar-refractivity contribution in [2.24, 2.45) is 0 Å². The number of hydrogen-bond donors (Lipinski definition) is 1. The Kier molecular flexibility index (Phi) is 781. The van der Waals surface area contributed by atoms with Gasteiger partial charge in [0.1, 0.15) is 0 Å². The van der Waals surface area contributed by atoms with E-state index < -0.39 is 0 Å². The summed E-state index contributed by atoms with van der Waals surface area (Å²) in [7, 11) is 1.00. The van der Waals surface area contributed by atoms with E-state index in [9.17, 15) is 0 Å². The molecule has 0 aromatic carbocycles. The van der Waals surface area contributed by atoms with Crippen molar-refractivity contribution in [1.29, 1.82) is 0 Å². The molecule has 0 aromatic heterocycles. The molecule has 1 radical (unpaired) electrons. The van der Waals surface area contributed by atoms with Crippen LogP contribution in [0.1, 0.15) is 0 Å². The average molecular weight is 239 g/mol. The minimum absolute atomic E-state index is 0. The van der Waals surface area contributed by atoms with Gasteiger partial charge in [-0.1, -0.05) is 0 Å². The van der Waals surface area contributed by atoms with Crippen molar-refractivity contribution < 1.29 is 61.8 Å². The Morgan fingerprint density at radius 1 is 0.833 bits per heavy atom. The van der Waals surface area contributed by atoms with Gasteiger partial charge in [0.05, 0.1) is 0 Å². The van der Waals surface area contributed by atoms with Crippen molar-refractivity contribution in [3.05, 3.63) is 0 Å². The molecule has 1 N–H and O–H groups in total. The van der Waals surface area contributed by atoms with Crippen molar-refractivity contribution in [2.45, 2.75) is 0 Å². The number of halogens is 3. The van der Waals surface area contributed by atoms with Gasteiger partial charge in [-0.05, 0) is 0 Å². The Morgan fingerprint density at radius 2 is 0.833 bits per heavy atom. The van der Waals surface area contributed by atoms with Crippen LogP contribution in [0.3, 0.4) is 0 Å². The van der Waals surface area contributed by atoms with Crippen LogP contribution in [0.2, 0.25) is 0 Å². The molecular weight excluding hydrogens is 235 g/mol. The molecule has 0 rings (SSSR count). The van der Waals surface area contributed by atoms with E-state index >= 15 is 0 Å². The third-order valence-corrected chi connectivity index (χ3v) is 0. The molecule has 43 valence electrons. The largest absolute Gasteiger partial charge is 3.00 e. The van der Waals surface area contributed by atoms with Crippen molar-refractivity contribution in [2.75, 3.05) is 7.11 Å². The first-order valence-corrected chi connectivity index (χ1v) is 0.447. The molecule has 6 heavy (non-hydrogen) atoms. The molecule has 0 saturated carbocycles. The molecule has 0 unspecified atom stereocenters. The molecule has 0 atom stereocenters. The van der Waals surface area contributed by atoms with Gasteiger partial charge in [-0.3, -0.25) is 0 Å². The molecule has 0 amide bonds. The van der Waals surface area contributed by atoms with E-state index in [4.69, 9.17) is 5.11 Å². The quantitative estimate of drug-likeness (QED) is 0.416. The van der Waals surface area contributed by atoms with Crippen LogP contribution < -0.4 is 37.2 Å². The Labute approximate surface area is 68.9 Å². The van der Waals surface area contributed by atoms with Crippen LogP contribution in [-0.2, 0) is 19.5 Å². The van der Waals surface area contributed by atoms with Gasteiger partial charge in [0, 0.05) is 7.11 Å². The second-order valence-corrected chi connectivity index (χ2v) is 0. The summed E-state index contributed by atoms with van der Waals surface area (Å²) in [5.41, 5.74) is 0. The van der Waals surface area contributed by atoms with Crippen LogP contribution >= 0.6 is 0 Å². The molecule has 1 nitrogen and oxygen atoms in total. The van der Waals surface area contributed by atoms with E-state index in [1.54, 1.807) is 0 Å². The normalized spacial score (nSPS) is 1.00. The van der Waals surface area contributed by atoms with Crippen molar-refractivity contribution in [3.8, 4) is 0 Å². The number of rotatable bonds is 0. The van der Waals surface area contributed by atoms with Gasteiger partial charge in [0.2, 0.25) is 0 Å². The smallest absolute Gasteiger partial charge is 1.00 e. The van der Waals surface area contributed by atoms with Crippen LogP contribution in [0.25, 0.3) is 0 Å². The van der Waals surface area contributed by atoms with Crippen molar-refractivity contribution >= 4 is 0 Å². The summed E-state index contributed by atoms with van der Waals surface area (Å²) >= 11 is 0. The number of hydrogen-bond acceptors (Lipinski definition) is 1. The fraction of sp³-hybridized carbons (Fsp3) is 1.00. The standard InChI is InChI=1S/CH4O.3ClH.Ru/c1-2;;;;/h2H,1H3;3*1H;/q;;;;+3/p-3. The Hall–Kier alpha value is 1.45. The average Bonchev–Trinajstić information content (AvgIpc) is 1.00. The number of aliphatic hydroxyl groups is 1. The monoisotopic (exact) mass is 239 g/mol. The molecule has 0 fully saturated rings. The zero-order valence-corrected chi connectivity index (χ0v) is 6.94. The zero-order chi connectivity index (χ0) is 2.00. The van der Waals surface area contributed by atoms with E-state index in [0.717, 1.165) is 7.11 Å². The van der Waals surface area contributed by atoms with Crippen LogP contribution in [0.15, 0.2) is 0 Å². The Balaban J connectivity index is -0.000000000833. The Morgan fingerprint density at radius 3 is 0.833 bits per heavy atom. The fourth-order valence-electron chi connectivity index (χ4n) is 0. The SMILES string of the molecule is CO.[Cl-].[Cl-].[Cl-].[Ru+3]. The van der Waals surface area contributed by atoms with Crippen molar-refractivity contribution in [1.82, 2.24) is 0 Å². The molecule has 0 aliphatic heterocycles. The molecule has 0 aliphatic rings. The van der Waals surface area contributed by atoms with E-state index in [1.165, 1.54) is 0 Å². The molecule has 0 aromatic rings. The minimum atomic E-state index is 0. The summed E-state index contributed by atoms with van der Waals surface area (Å²) in [4.78, 5) is 0. The van der Waals surface area contributed by atoms with E-state index in [0.29, 0.717) is 0 Å². The van der Waals surface area contributed by atoms with E-state index in [1.807, 2.05) is 0 Å². The summed E-state index contributed by atoms with van der Waals surface area (Å²) in [6, 6.07) is 0. The molecular formula is CH4Cl3ORu. The summed E-state index contributed by atoms with van der Waals surface area (Å²) in [6.45, 7) is 0. The second-order valence-electron chi connectivity index (χ2n) is 0. The molecule has 0 spiro atoms. The van der Waals surface area contributed by atoms with Gasteiger partial charge < -0.3 is 42.3 Å². The molecule has 0 aliphatic carbocycles. The summed E-state index contributed by atoms with van der Waals surface area (Å²) in [5, 5.41) is 7.00. The summed E-state index contributed by atoms with van der Waals surface area (Å²) in [5.74, 6) is 0. The predicted molar refractivity (Wildman–Crippen MR) is 8.14 cm³/mol. The molecule has 0 heterocycles. The summed E-state index contributed by atoms with van der Waals surface area (Å²) < 4.78 is 0. The van der Waals surface area contributed by atoms with E-state index in [-0.39, 0.29) is 56.7 Å². The van der Waals surface area contributed by atoms with Crippen molar-refractivity contribution in [3.63, 3.8) is 0 Å². The van der Waals surface area contributed by atoms with Gasteiger partial charge in [0.25, 0.3) is 0 Å². The van der Waals surface area contributed by atoms with Crippen LogP contribution in [-0.4, -0.2) is 12.2 Å². The van der Waals surface area contributed by atoms with Crippen LogP contribution in [0.5, 0.6) is 0 Å². The Bertz CT molecular complexity index is 10.8. The third kappa shape index (κ3) is 51.2. The maximum absolute atomic E-state index is 7.00. The molecule has 0 saturated heterocycles. The third-order valence-electron chi connectivity index (χ3n) is 0. The first kappa shape index (κ1) is 51.6. The first-order chi connectivity index (χ1) is 1.00. The van der Waals surface area contributed by atoms with Crippen LogP contribution in [0.4, 0.5) is 0 Å². The topological polar surface area (TPSA) is 20.2 Å². The second kappa shape index (κ2) is 90.9. The van der Waals surface area contributed by atoms with Gasteiger partial charge in [0.15, 0.2) is 0 Å². The summed E-state index contributed by atoms with van der Waals surface area (Å²) in [6.07, 6.45) is 0. The molecule has 0 bridgehead atoms. The molecule has 5 heteroatoms. The fourth-order valence-corrected chi connectivity index (χ4v) is 0. The minimum Gasteiger partial charge on any atom is -1.00 e. The maximum Gasteiger partial charge on any atom is 3.00 e. The predicted octanol–water partition coefficient (Wildman–Crippen LogP) is -9.38. The maximum atomic E-state index is 7.00. The van der Waals surface area contributed by atoms with Gasteiger partial charge in [-0.15, -0.1) is 0 Å². The van der Waals surface area contributed by atoms with Gasteiger partial charge >= 0.3 is 19.5 Å². The zero-order valence-electron chi connectivity index (χ0n) is 2.93. The van der Waals surface area contributed by atoms with Crippen LogP contribution in [0, 0.1) is 0 Å².